The molecule has 1 amide bonds. The number of rotatable bonds is 6. The van der Waals surface area contributed by atoms with E-state index in [4.69, 9.17) is 9.84 Å². The molecule has 0 saturated heterocycles. The van der Waals surface area contributed by atoms with E-state index in [2.05, 4.69) is 10.3 Å². The molecule has 3 N–H and O–H groups in total. The van der Waals surface area contributed by atoms with Crippen molar-refractivity contribution >= 4 is 17.6 Å². The summed E-state index contributed by atoms with van der Waals surface area (Å²) in [5, 5.41) is 11.6. The molecule has 0 aliphatic rings. The van der Waals surface area contributed by atoms with Gasteiger partial charge in [0.15, 0.2) is 0 Å². The molecule has 110 valence electrons. The van der Waals surface area contributed by atoms with Gasteiger partial charge in [0.05, 0.1) is 18.7 Å². The molecule has 6 heteroatoms. The van der Waals surface area contributed by atoms with Gasteiger partial charge in [-0.1, -0.05) is 18.2 Å². The van der Waals surface area contributed by atoms with E-state index >= 15 is 0 Å². The highest BCUT2D eigenvalue weighted by atomic mass is 16.5. The molecule has 21 heavy (non-hydrogen) atoms. The van der Waals surface area contributed by atoms with Gasteiger partial charge in [0, 0.05) is 11.9 Å². The van der Waals surface area contributed by atoms with Crippen LogP contribution in [-0.2, 0) is 4.79 Å². The molecule has 6 nitrogen and oxygen atoms in total. The SMILES string of the molecule is Cc1[nH]cc(NC(=O)CCOc2ccccc2)c1C(=O)O. The molecule has 0 spiro atoms. The predicted octanol–water partition coefficient (Wildman–Crippen LogP) is 2.43. The summed E-state index contributed by atoms with van der Waals surface area (Å²) >= 11 is 0. The number of H-pyrrole nitrogens is 1. The van der Waals surface area contributed by atoms with Crippen molar-refractivity contribution in [2.24, 2.45) is 0 Å². The number of hydrogen-bond donors (Lipinski definition) is 3. The standard InChI is InChI=1S/C15H16N2O4/c1-10-14(15(19)20)12(9-16-10)17-13(18)7-8-21-11-5-3-2-4-6-11/h2-6,9,16H,7-8H2,1H3,(H,17,18)(H,19,20). The van der Waals surface area contributed by atoms with Crippen molar-refractivity contribution in [3.8, 4) is 5.75 Å². The van der Waals surface area contributed by atoms with Crippen molar-refractivity contribution in [2.75, 3.05) is 11.9 Å². The number of hydrogen-bond acceptors (Lipinski definition) is 3. The molecule has 1 heterocycles. The second-order valence-corrected chi connectivity index (χ2v) is 4.47. The first kappa shape index (κ1) is 14.6. The number of carbonyl (C=O) groups excluding carboxylic acids is 1. The molecule has 2 rings (SSSR count). The normalized spacial score (nSPS) is 10.1. The Balaban J connectivity index is 1.86. The van der Waals surface area contributed by atoms with Gasteiger partial charge < -0.3 is 20.1 Å². The summed E-state index contributed by atoms with van der Waals surface area (Å²) in [6.45, 7) is 1.86. The van der Waals surface area contributed by atoms with E-state index in [9.17, 15) is 9.59 Å². The molecule has 0 atom stereocenters. The van der Waals surface area contributed by atoms with Gasteiger partial charge in [0.2, 0.25) is 5.91 Å². The number of nitrogens with one attached hydrogen (secondary N) is 2. The first-order valence-electron chi connectivity index (χ1n) is 6.47. The third-order valence-electron chi connectivity index (χ3n) is 2.91. The summed E-state index contributed by atoms with van der Waals surface area (Å²) in [6, 6.07) is 9.17. The maximum Gasteiger partial charge on any atom is 0.339 e. The summed E-state index contributed by atoms with van der Waals surface area (Å²) < 4.78 is 5.41. The molecule has 0 aliphatic carbocycles. The summed E-state index contributed by atoms with van der Waals surface area (Å²) in [6.07, 6.45) is 1.60. The topological polar surface area (TPSA) is 91.4 Å². The van der Waals surface area contributed by atoms with Crippen molar-refractivity contribution in [3.63, 3.8) is 0 Å². The average molecular weight is 288 g/mol. The monoisotopic (exact) mass is 288 g/mol. The molecule has 1 aromatic carbocycles. The van der Waals surface area contributed by atoms with Crippen LogP contribution in [0.1, 0.15) is 22.5 Å². The zero-order valence-electron chi connectivity index (χ0n) is 11.6. The van der Waals surface area contributed by atoms with Crippen LogP contribution < -0.4 is 10.1 Å². The Bertz CT molecular complexity index is 634. The molecule has 0 aliphatic heterocycles. The maximum absolute atomic E-state index is 11.8. The number of aryl methyl sites for hydroxylation is 1. The van der Waals surface area contributed by atoms with Crippen molar-refractivity contribution in [1.82, 2.24) is 4.98 Å². The van der Waals surface area contributed by atoms with E-state index in [1.807, 2.05) is 18.2 Å². The highest BCUT2D eigenvalue weighted by molar-refractivity contribution is 6.01. The van der Waals surface area contributed by atoms with E-state index in [1.165, 1.54) is 6.20 Å². The van der Waals surface area contributed by atoms with Crippen LogP contribution in [0.25, 0.3) is 0 Å². The van der Waals surface area contributed by atoms with Crippen molar-refractivity contribution in [1.29, 1.82) is 0 Å². The fraction of sp³-hybridized carbons (Fsp3) is 0.200. The molecule has 1 aromatic heterocycles. The quantitative estimate of drug-likeness (QED) is 0.761. The molecule has 0 unspecified atom stereocenters. The lowest BCUT2D eigenvalue weighted by Crippen LogP contribution is -2.16. The van der Waals surface area contributed by atoms with Gasteiger partial charge in [-0.3, -0.25) is 4.79 Å². The Morgan fingerprint density at radius 3 is 2.67 bits per heavy atom. The Morgan fingerprint density at radius 1 is 1.29 bits per heavy atom. The number of amides is 1. The minimum absolute atomic E-state index is 0.0762. The van der Waals surface area contributed by atoms with E-state index in [0.29, 0.717) is 11.4 Å². The second-order valence-electron chi connectivity index (χ2n) is 4.47. The van der Waals surface area contributed by atoms with Crippen molar-refractivity contribution in [2.45, 2.75) is 13.3 Å². The van der Waals surface area contributed by atoms with Gasteiger partial charge in [-0.2, -0.15) is 0 Å². The number of benzene rings is 1. The van der Waals surface area contributed by atoms with Crippen molar-refractivity contribution in [3.05, 3.63) is 47.8 Å². The Labute approximate surface area is 121 Å². The first-order valence-corrected chi connectivity index (χ1v) is 6.47. The first-order chi connectivity index (χ1) is 10.1. The summed E-state index contributed by atoms with van der Waals surface area (Å²) in [5.41, 5.74) is 0.843. The number of aromatic carboxylic acids is 1. The molecular formula is C15H16N2O4. The van der Waals surface area contributed by atoms with E-state index in [1.54, 1.807) is 19.1 Å². The molecular weight excluding hydrogens is 272 g/mol. The number of para-hydroxylation sites is 1. The summed E-state index contributed by atoms with van der Waals surface area (Å²) in [5.74, 6) is -0.689. The van der Waals surface area contributed by atoms with Crippen LogP contribution in [0.4, 0.5) is 5.69 Å². The fourth-order valence-electron chi connectivity index (χ4n) is 1.89. The number of carboxylic acids is 1. The highest BCUT2D eigenvalue weighted by Crippen LogP contribution is 2.19. The van der Waals surface area contributed by atoms with Gasteiger partial charge in [-0.15, -0.1) is 0 Å². The van der Waals surface area contributed by atoms with E-state index in [0.717, 1.165) is 0 Å². The van der Waals surface area contributed by atoms with E-state index < -0.39 is 5.97 Å². The smallest absolute Gasteiger partial charge is 0.339 e. The number of aromatic nitrogens is 1. The summed E-state index contributed by atoms with van der Waals surface area (Å²) in [7, 11) is 0. The fourth-order valence-corrected chi connectivity index (χ4v) is 1.89. The second kappa shape index (κ2) is 6.60. The zero-order chi connectivity index (χ0) is 15.2. The number of ether oxygens (including phenoxy) is 1. The minimum atomic E-state index is -1.08. The third kappa shape index (κ3) is 3.85. The molecule has 2 aromatic rings. The van der Waals surface area contributed by atoms with Crippen LogP contribution in [0.5, 0.6) is 5.75 Å². The van der Waals surface area contributed by atoms with Gasteiger partial charge >= 0.3 is 5.97 Å². The van der Waals surface area contributed by atoms with Gasteiger partial charge in [-0.05, 0) is 19.1 Å². The Morgan fingerprint density at radius 2 is 2.00 bits per heavy atom. The van der Waals surface area contributed by atoms with E-state index in [-0.39, 0.29) is 30.2 Å². The lowest BCUT2D eigenvalue weighted by molar-refractivity contribution is -0.116. The third-order valence-corrected chi connectivity index (χ3v) is 2.91. The minimum Gasteiger partial charge on any atom is -0.493 e. The average Bonchev–Trinajstić information content (AvgIpc) is 2.81. The highest BCUT2D eigenvalue weighted by Gasteiger charge is 2.16. The number of aromatic amines is 1. The lowest BCUT2D eigenvalue weighted by Gasteiger charge is -2.07. The predicted molar refractivity (Wildman–Crippen MR) is 77.7 cm³/mol. The number of carboxylic acid groups (broad SMARTS) is 1. The van der Waals surface area contributed by atoms with Crippen LogP contribution in [-0.4, -0.2) is 28.6 Å². The van der Waals surface area contributed by atoms with Crippen LogP contribution in [0.2, 0.25) is 0 Å². The van der Waals surface area contributed by atoms with Gasteiger partial charge in [0.1, 0.15) is 11.3 Å². The van der Waals surface area contributed by atoms with Crippen LogP contribution in [0, 0.1) is 6.92 Å². The Hall–Kier alpha value is -2.76. The van der Waals surface area contributed by atoms with Crippen LogP contribution >= 0.6 is 0 Å². The number of carbonyl (C=O) groups is 2. The largest absolute Gasteiger partial charge is 0.493 e. The maximum atomic E-state index is 11.8. The zero-order valence-corrected chi connectivity index (χ0v) is 11.6. The van der Waals surface area contributed by atoms with Crippen molar-refractivity contribution < 1.29 is 19.4 Å². The van der Waals surface area contributed by atoms with Gasteiger partial charge in [0.25, 0.3) is 0 Å². The Kier molecular flexibility index (Phi) is 4.61. The van der Waals surface area contributed by atoms with Crippen LogP contribution in [0.3, 0.4) is 0 Å². The number of anilines is 1. The summed E-state index contributed by atoms with van der Waals surface area (Å²) in [4.78, 5) is 25.7. The molecule has 0 radical (unpaired) electrons. The molecule has 0 fully saturated rings. The van der Waals surface area contributed by atoms with Crippen LogP contribution in [0.15, 0.2) is 36.5 Å². The lowest BCUT2D eigenvalue weighted by atomic mass is 10.2. The molecule has 0 bridgehead atoms. The van der Waals surface area contributed by atoms with Gasteiger partial charge in [-0.25, -0.2) is 4.79 Å². The molecule has 0 saturated carbocycles.